The van der Waals surface area contributed by atoms with E-state index in [1.165, 1.54) is 25.7 Å². The van der Waals surface area contributed by atoms with Gasteiger partial charge in [-0.1, -0.05) is 32.8 Å². The molecule has 2 heteroatoms. The van der Waals surface area contributed by atoms with Crippen molar-refractivity contribution in [2.24, 2.45) is 22.2 Å². The Labute approximate surface area is 141 Å². The maximum absolute atomic E-state index is 6.20. The summed E-state index contributed by atoms with van der Waals surface area (Å²) in [6, 6.07) is 0. The van der Waals surface area contributed by atoms with Gasteiger partial charge in [-0.15, -0.1) is 6.42 Å². The van der Waals surface area contributed by atoms with Crippen LogP contribution in [0.15, 0.2) is 11.6 Å². The van der Waals surface area contributed by atoms with Gasteiger partial charge >= 0.3 is 0 Å². The molecular weight excluding hydrogens is 284 g/mol. The molecule has 1 aliphatic heterocycles. The lowest BCUT2D eigenvalue weighted by atomic mass is 9.43. The zero-order chi connectivity index (χ0) is 16.3. The summed E-state index contributed by atoms with van der Waals surface area (Å²) < 4.78 is 12.4. The molecule has 0 amide bonds. The first-order chi connectivity index (χ1) is 10.9. The van der Waals surface area contributed by atoms with Crippen LogP contribution in [-0.2, 0) is 9.47 Å². The lowest BCUT2D eigenvalue weighted by molar-refractivity contribution is -0.284. The number of hydrogen-bond acceptors (Lipinski definition) is 2. The van der Waals surface area contributed by atoms with Crippen LogP contribution in [0.1, 0.15) is 65.7 Å². The minimum atomic E-state index is -0.372. The fourth-order valence-electron chi connectivity index (χ4n) is 6.59. The van der Waals surface area contributed by atoms with Crippen LogP contribution in [0.2, 0.25) is 0 Å². The van der Waals surface area contributed by atoms with Crippen LogP contribution < -0.4 is 0 Å². The molecule has 0 radical (unpaired) electrons. The lowest BCUT2D eigenvalue weighted by Gasteiger charge is -2.64. The van der Waals surface area contributed by atoms with Gasteiger partial charge in [0.05, 0.1) is 18.6 Å². The van der Waals surface area contributed by atoms with Crippen molar-refractivity contribution in [3.8, 4) is 12.3 Å². The van der Waals surface area contributed by atoms with Crippen LogP contribution in [0, 0.1) is 34.5 Å². The second-order valence-electron chi connectivity index (χ2n) is 8.92. The monoisotopic (exact) mass is 314 g/mol. The van der Waals surface area contributed by atoms with Crippen molar-refractivity contribution in [3.05, 3.63) is 11.6 Å². The molecule has 4 rings (SSSR count). The molecular formula is C21H30O2. The SMILES string of the molecule is C#C[C@]12CCCC=C1[C@@]1(C)CCC3(OCCO3)C(C)(C)C1CC2. The third kappa shape index (κ3) is 1.84. The quantitative estimate of drug-likeness (QED) is 0.477. The minimum absolute atomic E-state index is 0.0234. The summed E-state index contributed by atoms with van der Waals surface area (Å²) in [5.74, 6) is 3.44. The number of ether oxygens (including phenoxy) is 2. The maximum atomic E-state index is 6.20. The number of hydrogen-bond donors (Lipinski definition) is 0. The fraction of sp³-hybridized carbons (Fsp3) is 0.810. The van der Waals surface area contributed by atoms with Gasteiger partial charge in [-0.05, 0) is 55.4 Å². The molecule has 4 aliphatic rings. The van der Waals surface area contributed by atoms with Gasteiger partial charge in [0.1, 0.15) is 0 Å². The summed E-state index contributed by atoms with van der Waals surface area (Å²) in [5.41, 5.74) is 1.84. The van der Waals surface area contributed by atoms with Gasteiger partial charge in [-0.3, -0.25) is 0 Å². The standard InChI is InChI=1S/C21H30O2/c1-5-20-10-7-6-8-17(20)19(4)12-13-21(22-14-15-23-21)18(2,3)16(19)9-11-20/h1,8,16H,6-7,9-15H2,2-4H3/t16?,19-,20+/m0/s1. The highest BCUT2D eigenvalue weighted by molar-refractivity contribution is 5.38. The molecule has 23 heavy (non-hydrogen) atoms. The van der Waals surface area contributed by atoms with Crippen LogP contribution >= 0.6 is 0 Å². The molecule has 0 aromatic carbocycles. The van der Waals surface area contributed by atoms with Gasteiger partial charge in [-0.25, -0.2) is 0 Å². The molecule has 0 aromatic heterocycles. The first kappa shape index (κ1) is 15.7. The summed E-state index contributed by atoms with van der Waals surface area (Å²) in [6.45, 7) is 8.69. The third-order valence-electron chi connectivity index (χ3n) is 7.77. The van der Waals surface area contributed by atoms with Gasteiger partial charge in [0, 0.05) is 11.8 Å². The van der Waals surface area contributed by atoms with E-state index in [4.69, 9.17) is 15.9 Å². The highest BCUT2D eigenvalue weighted by atomic mass is 16.7. The van der Waals surface area contributed by atoms with E-state index in [1.54, 1.807) is 5.57 Å². The van der Waals surface area contributed by atoms with Gasteiger partial charge < -0.3 is 9.47 Å². The molecule has 1 unspecified atom stereocenters. The van der Waals surface area contributed by atoms with Crippen LogP contribution in [0.5, 0.6) is 0 Å². The summed E-state index contributed by atoms with van der Waals surface area (Å²) in [7, 11) is 0. The summed E-state index contributed by atoms with van der Waals surface area (Å²) in [6.07, 6.45) is 16.6. The lowest BCUT2D eigenvalue weighted by Crippen LogP contribution is -2.61. The van der Waals surface area contributed by atoms with E-state index in [0.29, 0.717) is 5.92 Å². The Morgan fingerprint density at radius 2 is 1.83 bits per heavy atom. The molecule has 3 fully saturated rings. The van der Waals surface area contributed by atoms with Crippen molar-refractivity contribution >= 4 is 0 Å². The predicted octanol–water partition coefficient (Wildman–Crippen LogP) is 4.70. The van der Waals surface area contributed by atoms with Crippen LogP contribution in [0.3, 0.4) is 0 Å². The fourth-order valence-corrected chi connectivity index (χ4v) is 6.59. The van der Waals surface area contributed by atoms with E-state index in [2.05, 4.69) is 32.8 Å². The molecule has 1 spiro atoms. The second-order valence-corrected chi connectivity index (χ2v) is 8.92. The van der Waals surface area contributed by atoms with Crippen molar-refractivity contribution < 1.29 is 9.47 Å². The smallest absolute Gasteiger partial charge is 0.173 e. The Balaban J connectivity index is 1.78. The first-order valence-electron chi connectivity index (χ1n) is 9.37. The summed E-state index contributed by atoms with van der Waals surface area (Å²) in [4.78, 5) is 0. The van der Waals surface area contributed by atoms with Gasteiger partial charge in [0.15, 0.2) is 5.79 Å². The Hall–Kier alpha value is -0.780. The van der Waals surface area contributed by atoms with Gasteiger partial charge in [0.25, 0.3) is 0 Å². The van der Waals surface area contributed by atoms with Crippen molar-refractivity contribution in [2.45, 2.75) is 71.5 Å². The average Bonchev–Trinajstić information content (AvgIpc) is 3.03. The van der Waals surface area contributed by atoms with Crippen molar-refractivity contribution in [3.63, 3.8) is 0 Å². The summed E-state index contributed by atoms with van der Waals surface area (Å²) in [5, 5.41) is 0. The van der Waals surface area contributed by atoms with E-state index in [9.17, 15) is 0 Å². The van der Waals surface area contributed by atoms with Crippen LogP contribution in [0.4, 0.5) is 0 Å². The molecule has 0 bridgehead atoms. The predicted molar refractivity (Wildman–Crippen MR) is 91.7 cm³/mol. The number of terminal acetylenes is 1. The molecule has 2 saturated carbocycles. The number of allylic oxidation sites excluding steroid dienone is 2. The second kappa shape index (κ2) is 4.87. The van der Waals surface area contributed by atoms with E-state index in [0.717, 1.165) is 32.5 Å². The molecule has 2 nitrogen and oxygen atoms in total. The topological polar surface area (TPSA) is 18.5 Å². The van der Waals surface area contributed by atoms with E-state index in [-0.39, 0.29) is 22.0 Å². The van der Waals surface area contributed by atoms with Gasteiger partial charge in [0.2, 0.25) is 0 Å². The molecule has 0 N–H and O–H groups in total. The van der Waals surface area contributed by atoms with Gasteiger partial charge in [-0.2, -0.15) is 0 Å². The molecule has 0 aromatic rings. The molecule has 3 atom stereocenters. The van der Waals surface area contributed by atoms with Crippen molar-refractivity contribution in [1.29, 1.82) is 0 Å². The number of fused-ring (bicyclic) bond motifs is 3. The zero-order valence-corrected chi connectivity index (χ0v) is 14.9. The van der Waals surface area contributed by atoms with E-state index < -0.39 is 0 Å². The third-order valence-corrected chi connectivity index (χ3v) is 7.77. The van der Waals surface area contributed by atoms with E-state index in [1.807, 2.05) is 0 Å². The van der Waals surface area contributed by atoms with Crippen molar-refractivity contribution in [1.82, 2.24) is 0 Å². The molecule has 1 saturated heterocycles. The average molecular weight is 314 g/mol. The zero-order valence-electron chi connectivity index (χ0n) is 14.9. The van der Waals surface area contributed by atoms with Crippen molar-refractivity contribution in [2.75, 3.05) is 13.2 Å². The van der Waals surface area contributed by atoms with Crippen LogP contribution in [-0.4, -0.2) is 19.0 Å². The van der Waals surface area contributed by atoms with E-state index >= 15 is 0 Å². The Kier molecular flexibility index (Phi) is 3.33. The maximum Gasteiger partial charge on any atom is 0.173 e. The van der Waals surface area contributed by atoms with Crippen LogP contribution in [0.25, 0.3) is 0 Å². The highest BCUT2D eigenvalue weighted by Crippen LogP contribution is 2.68. The highest BCUT2D eigenvalue weighted by Gasteiger charge is 2.65. The first-order valence-corrected chi connectivity index (χ1v) is 9.37. The largest absolute Gasteiger partial charge is 0.347 e. The Morgan fingerprint density at radius 1 is 1.09 bits per heavy atom. The normalized spacial score (nSPS) is 44.1. The Morgan fingerprint density at radius 3 is 2.52 bits per heavy atom. The molecule has 1 heterocycles. The summed E-state index contributed by atoms with van der Waals surface area (Å²) >= 11 is 0. The Bertz CT molecular complexity index is 575. The molecule has 126 valence electrons. The molecule has 3 aliphatic carbocycles. The number of rotatable bonds is 0. The minimum Gasteiger partial charge on any atom is -0.347 e.